The van der Waals surface area contributed by atoms with Gasteiger partial charge in [0.2, 0.25) is 5.91 Å². The fourth-order valence-corrected chi connectivity index (χ4v) is 4.08. The van der Waals surface area contributed by atoms with Crippen LogP contribution < -0.4 is 25.3 Å². The third kappa shape index (κ3) is 8.97. The minimum atomic E-state index is -0.969. The molecule has 0 fully saturated rings. The number of carbonyl (C=O) groups excluding carboxylic acids is 3. The zero-order chi connectivity index (χ0) is 28.4. The molecule has 0 aromatic heterocycles. The van der Waals surface area contributed by atoms with E-state index < -0.39 is 12.2 Å². The highest BCUT2D eigenvalue weighted by molar-refractivity contribution is 5.99. The van der Waals surface area contributed by atoms with Gasteiger partial charge in [0.25, 0.3) is 0 Å². The minimum absolute atomic E-state index is 0.0837. The van der Waals surface area contributed by atoms with Crippen molar-refractivity contribution in [1.82, 2.24) is 5.32 Å². The Morgan fingerprint density at radius 2 is 1.64 bits per heavy atom. The summed E-state index contributed by atoms with van der Waals surface area (Å²) < 4.78 is 16.3. The van der Waals surface area contributed by atoms with Crippen LogP contribution in [0, 0.1) is 13.8 Å². The summed E-state index contributed by atoms with van der Waals surface area (Å²) in [7, 11) is 1.49. The molecule has 1 amide bonds. The van der Waals surface area contributed by atoms with E-state index in [1.165, 1.54) is 30.7 Å². The van der Waals surface area contributed by atoms with E-state index >= 15 is 0 Å². The number of hydrogen-bond acceptors (Lipinski definition) is 7. The molecule has 0 saturated heterocycles. The van der Waals surface area contributed by atoms with Gasteiger partial charge >= 0.3 is 5.97 Å². The quantitative estimate of drug-likeness (QED) is 0.110. The smallest absolute Gasteiger partial charge is 0.308 e. The molecule has 1 unspecified atom stereocenters. The normalized spacial score (nSPS) is 11.4. The summed E-state index contributed by atoms with van der Waals surface area (Å²) in [5.41, 5.74) is 10.9. The minimum Gasteiger partial charge on any atom is -0.493 e. The number of amides is 1. The molecule has 0 bridgehead atoms. The van der Waals surface area contributed by atoms with Crippen LogP contribution in [0.4, 0.5) is 0 Å². The van der Waals surface area contributed by atoms with Crippen LogP contribution in [0.1, 0.15) is 52.4 Å². The van der Waals surface area contributed by atoms with Gasteiger partial charge in [-0.2, -0.15) is 0 Å². The maximum absolute atomic E-state index is 12.8. The van der Waals surface area contributed by atoms with Gasteiger partial charge in [0.15, 0.2) is 23.5 Å². The number of nitrogens with two attached hydrogens (primary N) is 1. The lowest BCUT2D eigenvalue weighted by molar-refractivity contribution is -0.131. The second kappa shape index (κ2) is 14.1. The summed E-state index contributed by atoms with van der Waals surface area (Å²) >= 11 is 0. The Kier molecular flexibility index (Phi) is 10.6. The first-order chi connectivity index (χ1) is 18.7. The fraction of sp³-hybridized carbons (Fsp3) is 0.323. The Balaban J connectivity index is 1.51. The van der Waals surface area contributed by atoms with E-state index in [0.717, 1.165) is 18.4 Å². The molecular formula is C31H36N2O6. The van der Waals surface area contributed by atoms with Gasteiger partial charge in [-0.25, -0.2) is 0 Å². The van der Waals surface area contributed by atoms with E-state index in [1.807, 2.05) is 0 Å². The largest absolute Gasteiger partial charge is 0.493 e. The lowest BCUT2D eigenvalue weighted by Gasteiger charge is -2.17. The van der Waals surface area contributed by atoms with Gasteiger partial charge in [0.1, 0.15) is 5.75 Å². The Labute approximate surface area is 229 Å². The Bertz CT molecular complexity index is 1320. The highest BCUT2D eigenvalue weighted by Gasteiger charge is 2.19. The van der Waals surface area contributed by atoms with Gasteiger partial charge in [-0.1, -0.05) is 36.4 Å². The topological polar surface area (TPSA) is 117 Å². The highest BCUT2D eigenvalue weighted by Crippen LogP contribution is 2.29. The molecular weight excluding hydrogens is 496 g/mol. The van der Waals surface area contributed by atoms with Crippen molar-refractivity contribution < 1.29 is 28.6 Å². The monoisotopic (exact) mass is 532 g/mol. The van der Waals surface area contributed by atoms with Crippen LogP contribution in [0.3, 0.4) is 0 Å². The molecule has 1 atom stereocenters. The van der Waals surface area contributed by atoms with Crippen molar-refractivity contribution in [2.75, 3.05) is 13.7 Å². The van der Waals surface area contributed by atoms with Crippen LogP contribution in [0.25, 0.3) is 0 Å². The van der Waals surface area contributed by atoms with Crippen LogP contribution >= 0.6 is 0 Å². The molecule has 0 aliphatic carbocycles. The number of benzene rings is 3. The predicted molar refractivity (Wildman–Crippen MR) is 149 cm³/mol. The number of ketones is 1. The first kappa shape index (κ1) is 29.4. The van der Waals surface area contributed by atoms with Crippen molar-refractivity contribution in [2.45, 2.75) is 52.7 Å². The van der Waals surface area contributed by atoms with E-state index in [4.69, 9.17) is 19.9 Å². The van der Waals surface area contributed by atoms with Gasteiger partial charge in [-0.05, 0) is 73.2 Å². The lowest BCUT2D eigenvalue weighted by Crippen LogP contribution is -2.30. The number of carbonyl (C=O) groups is 3. The number of aryl methyl sites for hydroxylation is 3. The average molecular weight is 533 g/mol. The number of esters is 1. The van der Waals surface area contributed by atoms with E-state index in [0.29, 0.717) is 18.0 Å². The molecule has 0 heterocycles. The van der Waals surface area contributed by atoms with Crippen molar-refractivity contribution in [2.24, 2.45) is 5.73 Å². The van der Waals surface area contributed by atoms with Crippen LogP contribution in [0.15, 0.2) is 60.7 Å². The highest BCUT2D eigenvalue weighted by atomic mass is 16.5. The van der Waals surface area contributed by atoms with Crippen LogP contribution in [0.5, 0.6) is 17.2 Å². The first-order valence-electron chi connectivity index (χ1n) is 12.9. The molecule has 0 radical (unpaired) electrons. The zero-order valence-corrected chi connectivity index (χ0v) is 22.9. The summed E-state index contributed by atoms with van der Waals surface area (Å²) in [5.74, 6) is -0.00942. The third-order valence-corrected chi connectivity index (χ3v) is 6.23. The number of Topliss-reactive ketones (excluding diaryl/α,β-unsaturated/α-hetero) is 1. The van der Waals surface area contributed by atoms with Crippen molar-refractivity contribution >= 4 is 17.7 Å². The number of nitrogens with one attached hydrogen (secondary N) is 1. The van der Waals surface area contributed by atoms with E-state index in [9.17, 15) is 14.4 Å². The fourth-order valence-electron chi connectivity index (χ4n) is 4.08. The molecule has 0 spiro atoms. The van der Waals surface area contributed by atoms with Crippen LogP contribution in [-0.2, 0) is 22.4 Å². The molecule has 3 aromatic carbocycles. The second-order valence-electron chi connectivity index (χ2n) is 9.41. The van der Waals surface area contributed by atoms with Crippen molar-refractivity contribution in [3.63, 3.8) is 0 Å². The van der Waals surface area contributed by atoms with E-state index in [1.54, 1.807) is 42.5 Å². The molecule has 8 nitrogen and oxygen atoms in total. The van der Waals surface area contributed by atoms with Gasteiger partial charge < -0.3 is 19.5 Å². The SMILES string of the molecule is COc1cc(CC(=O)NCCCc2ccc(C)c(C)c2)ccc1OC(N)CC(=O)c1ccccc1OC(C)=O. The van der Waals surface area contributed by atoms with Crippen molar-refractivity contribution in [3.8, 4) is 17.2 Å². The summed E-state index contributed by atoms with van der Waals surface area (Å²) in [6, 6.07) is 18.0. The Morgan fingerprint density at radius 3 is 2.36 bits per heavy atom. The molecule has 0 saturated carbocycles. The summed E-state index contributed by atoms with van der Waals surface area (Å²) in [6.07, 6.45) is 0.834. The number of methoxy groups -OCH3 is 1. The maximum atomic E-state index is 12.8. The standard InChI is InChI=1S/C31H36N2O6/c1-20-11-12-23(16-21(20)2)8-7-15-33-31(36)18-24-13-14-28(29(17-24)37-4)39-30(32)19-26(35)25-9-5-6-10-27(25)38-22(3)34/h5-6,9-14,16-17,30H,7-8,15,18-19,32H2,1-4H3,(H,33,36). The first-order valence-corrected chi connectivity index (χ1v) is 12.9. The van der Waals surface area contributed by atoms with E-state index in [2.05, 4.69) is 37.4 Å². The Hall–Kier alpha value is -4.17. The molecule has 0 aliphatic heterocycles. The summed E-state index contributed by atoms with van der Waals surface area (Å²) in [4.78, 5) is 36.6. The molecule has 3 aromatic rings. The molecule has 8 heteroatoms. The maximum Gasteiger partial charge on any atom is 0.308 e. The number of para-hydroxylation sites is 1. The van der Waals surface area contributed by atoms with Crippen molar-refractivity contribution in [3.05, 3.63) is 88.5 Å². The third-order valence-electron chi connectivity index (χ3n) is 6.23. The average Bonchev–Trinajstić information content (AvgIpc) is 2.89. The van der Waals surface area contributed by atoms with Gasteiger partial charge in [-0.3, -0.25) is 20.1 Å². The molecule has 3 N–H and O–H groups in total. The lowest BCUT2D eigenvalue weighted by atomic mass is 10.0. The van der Waals surface area contributed by atoms with Gasteiger partial charge in [0.05, 0.1) is 25.5 Å². The summed E-state index contributed by atoms with van der Waals surface area (Å²) in [5, 5.41) is 2.97. The number of hydrogen-bond donors (Lipinski definition) is 2. The van der Waals surface area contributed by atoms with Crippen molar-refractivity contribution in [1.29, 1.82) is 0 Å². The zero-order valence-electron chi connectivity index (χ0n) is 22.9. The molecule has 3 rings (SSSR count). The van der Waals surface area contributed by atoms with E-state index in [-0.39, 0.29) is 35.8 Å². The summed E-state index contributed by atoms with van der Waals surface area (Å²) in [6.45, 7) is 6.06. The molecule has 0 aliphatic rings. The molecule has 39 heavy (non-hydrogen) atoms. The molecule has 206 valence electrons. The van der Waals surface area contributed by atoms with Gasteiger partial charge in [0, 0.05) is 13.5 Å². The van der Waals surface area contributed by atoms with Crippen LogP contribution in [0.2, 0.25) is 0 Å². The predicted octanol–water partition coefficient (Wildman–Crippen LogP) is 4.47. The number of ether oxygens (including phenoxy) is 3. The second-order valence-corrected chi connectivity index (χ2v) is 9.41. The van der Waals surface area contributed by atoms with Crippen LogP contribution in [-0.4, -0.2) is 37.5 Å². The van der Waals surface area contributed by atoms with Gasteiger partial charge in [-0.15, -0.1) is 0 Å². The number of rotatable bonds is 13. The Morgan fingerprint density at radius 1 is 0.897 bits per heavy atom.